The van der Waals surface area contributed by atoms with Crippen molar-refractivity contribution in [1.82, 2.24) is 0 Å². The van der Waals surface area contributed by atoms with Crippen molar-refractivity contribution in [2.45, 2.75) is 25.9 Å². The fourth-order valence-electron chi connectivity index (χ4n) is 2.62. The number of fused-ring (bicyclic) bond motifs is 1. The lowest BCUT2D eigenvalue weighted by Crippen LogP contribution is -2.37. The van der Waals surface area contributed by atoms with Crippen molar-refractivity contribution in [1.29, 1.82) is 0 Å². The molecular formula is C12H12O2. The monoisotopic (exact) mass is 188 g/mol. The molecule has 1 atom stereocenters. The van der Waals surface area contributed by atoms with Gasteiger partial charge in [-0.05, 0) is 25.3 Å². The molecule has 0 amide bonds. The zero-order valence-corrected chi connectivity index (χ0v) is 8.08. The van der Waals surface area contributed by atoms with E-state index in [0.717, 1.165) is 18.4 Å². The number of hydrogen-bond donors (Lipinski definition) is 1. The van der Waals surface area contributed by atoms with Crippen molar-refractivity contribution in [3.8, 4) is 0 Å². The maximum atomic E-state index is 11.8. The molecule has 0 aliphatic heterocycles. The smallest absolute Gasteiger partial charge is 0.192 e. The number of ketones is 1. The van der Waals surface area contributed by atoms with Gasteiger partial charge in [0.15, 0.2) is 5.78 Å². The first-order chi connectivity index (χ1) is 6.67. The van der Waals surface area contributed by atoms with Crippen molar-refractivity contribution in [3.05, 3.63) is 34.9 Å². The number of aliphatic hydroxyl groups is 1. The molecule has 14 heavy (non-hydrogen) atoms. The Morgan fingerprint density at radius 2 is 2.21 bits per heavy atom. The Morgan fingerprint density at radius 3 is 2.86 bits per heavy atom. The van der Waals surface area contributed by atoms with Crippen LogP contribution >= 0.6 is 0 Å². The van der Waals surface area contributed by atoms with E-state index in [1.54, 1.807) is 6.08 Å². The number of carbonyl (C=O) groups is 1. The lowest BCUT2D eigenvalue weighted by Gasteiger charge is -2.29. The van der Waals surface area contributed by atoms with Crippen LogP contribution in [0.2, 0.25) is 0 Å². The fraction of sp³-hybridized carbons (Fsp3) is 0.417. The minimum Gasteiger partial charge on any atom is -0.384 e. The molecule has 0 radical (unpaired) electrons. The van der Waals surface area contributed by atoms with Gasteiger partial charge in [-0.1, -0.05) is 23.8 Å². The number of hydrogen-bond acceptors (Lipinski definition) is 2. The van der Waals surface area contributed by atoms with Crippen LogP contribution < -0.4 is 0 Å². The van der Waals surface area contributed by atoms with Gasteiger partial charge in [0.25, 0.3) is 0 Å². The zero-order chi connectivity index (χ0) is 9.92. The molecule has 2 nitrogen and oxygen atoms in total. The Bertz CT molecular complexity index is 420. The Morgan fingerprint density at radius 1 is 1.50 bits per heavy atom. The summed E-state index contributed by atoms with van der Waals surface area (Å²) in [5.41, 5.74) is 2.76. The van der Waals surface area contributed by atoms with Crippen LogP contribution in [0.1, 0.15) is 19.8 Å². The largest absolute Gasteiger partial charge is 0.384 e. The van der Waals surface area contributed by atoms with Crippen LogP contribution in [0, 0.1) is 5.41 Å². The van der Waals surface area contributed by atoms with Crippen LogP contribution in [0.3, 0.4) is 0 Å². The van der Waals surface area contributed by atoms with E-state index in [2.05, 4.69) is 0 Å². The summed E-state index contributed by atoms with van der Waals surface area (Å²) in [6.45, 7) is 2.04. The highest BCUT2D eigenvalue weighted by atomic mass is 16.3. The van der Waals surface area contributed by atoms with Crippen molar-refractivity contribution in [3.63, 3.8) is 0 Å². The van der Waals surface area contributed by atoms with Gasteiger partial charge in [0.2, 0.25) is 0 Å². The maximum Gasteiger partial charge on any atom is 0.192 e. The van der Waals surface area contributed by atoms with Gasteiger partial charge in [0, 0.05) is 11.0 Å². The fourth-order valence-corrected chi connectivity index (χ4v) is 2.62. The third-order valence-corrected chi connectivity index (χ3v) is 3.79. The van der Waals surface area contributed by atoms with Crippen molar-refractivity contribution in [2.24, 2.45) is 5.41 Å². The van der Waals surface area contributed by atoms with Crippen LogP contribution in [0.15, 0.2) is 34.9 Å². The van der Waals surface area contributed by atoms with E-state index in [1.165, 1.54) is 5.57 Å². The molecule has 2 heteroatoms. The normalized spacial score (nSPS) is 32.3. The molecule has 72 valence electrons. The summed E-state index contributed by atoms with van der Waals surface area (Å²) in [7, 11) is 0. The SMILES string of the molecule is CC1=C2C=CC=C2C(=O)[C@H](O)C12CC2. The molecule has 1 saturated carbocycles. The van der Waals surface area contributed by atoms with Crippen molar-refractivity contribution < 1.29 is 9.90 Å². The van der Waals surface area contributed by atoms with E-state index in [0.29, 0.717) is 5.57 Å². The van der Waals surface area contributed by atoms with Crippen LogP contribution in [0.5, 0.6) is 0 Å². The van der Waals surface area contributed by atoms with Crippen LogP contribution in [0.4, 0.5) is 0 Å². The van der Waals surface area contributed by atoms with Gasteiger partial charge in [0.05, 0.1) is 0 Å². The third kappa shape index (κ3) is 0.735. The summed E-state index contributed by atoms with van der Waals surface area (Å²) in [5.74, 6) is -0.0897. The zero-order valence-electron chi connectivity index (χ0n) is 8.08. The second-order valence-corrected chi connectivity index (χ2v) is 4.40. The Labute approximate surface area is 82.6 Å². The van der Waals surface area contributed by atoms with Crippen LogP contribution in [-0.4, -0.2) is 17.0 Å². The first-order valence-electron chi connectivity index (χ1n) is 4.99. The number of rotatable bonds is 0. The van der Waals surface area contributed by atoms with E-state index in [9.17, 15) is 9.90 Å². The van der Waals surface area contributed by atoms with E-state index in [4.69, 9.17) is 0 Å². The van der Waals surface area contributed by atoms with E-state index < -0.39 is 6.10 Å². The van der Waals surface area contributed by atoms with Gasteiger partial charge in [-0.25, -0.2) is 0 Å². The number of allylic oxidation sites excluding steroid dienone is 4. The molecule has 0 bridgehead atoms. The highest BCUT2D eigenvalue weighted by Crippen LogP contribution is 2.59. The molecule has 0 aromatic rings. The average molecular weight is 188 g/mol. The summed E-state index contributed by atoms with van der Waals surface area (Å²) in [4.78, 5) is 11.8. The predicted octanol–water partition coefficient (Wildman–Crippen LogP) is 1.52. The molecule has 3 aliphatic rings. The minimum absolute atomic E-state index is 0.0897. The molecule has 1 fully saturated rings. The van der Waals surface area contributed by atoms with Gasteiger partial charge in [0.1, 0.15) is 6.10 Å². The molecule has 1 spiro atoms. The summed E-state index contributed by atoms with van der Waals surface area (Å²) >= 11 is 0. The highest BCUT2D eigenvalue weighted by molar-refractivity contribution is 6.07. The molecule has 3 rings (SSSR count). The van der Waals surface area contributed by atoms with Crippen molar-refractivity contribution in [2.75, 3.05) is 0 Å². The summed E-state index contributed by atoms with van der Waals surface area (Å²) < 4.78 is 0. The molecule has 0 saturated heterocycles. The van der Waals surface area contributed by atoms with Gasteiger partial charge in [-0.3, -0.25) is 4.79 Å². The summed E-state index contributed by atoms with van der Waals surface area (Å²) in [6, 6.07) is 0. The number of carbonyl (C=O) groups excluding carboxylic acids is 1. The Kier molecular flexibility index (Phi) is 1.32. The lowest BCUT2D eigenvalue weighted by molar-refractivity contribution is -0.126. The van der Waals surface area contributed by atoms with Gasteiger partial charge >= 0.3 is 0 Å². The standard InChI is InChI=1S/C12H12O2/c1-7-8-3-2-4-9(8)10(13)11(14)12(7)5-6-12/h2-4,11,14H,5-6H2,1H3/t11-/m0/s1. The maximum absolute atomic E-state index is 11.8. The van der Waals surface area contributed by atoms with E-state index in [-0.39, 0.29) is 11.2 Å². The highest BCUT2D eigenvalue weighted by Gasteiger charge is 2.57. The average Bonchev–Trinajstić information content (AvgIpc) is 2.83. The number of aliphatic hydroxyl groups excluding tert-OH is 1. The molecular weight excluding hydrogens is 176 g/mol. The summed E-state index contributed by atoms with van der Waals surface area (Å²) in [5, 5.41) is 9.93. The lowest BCUT2D eigenvalue weighted by atomic mass is 9.76. The van der Waals surface area contributed by atoms with Gasteiger partial charge in [-0.2, -0.15) is 0 Å². The van der Waals surface area contributed by atoms with Gasteiger partial charge < -0.3 is 5.11 Å². The predicted molar refractivity (Wildman–Crippen MR) is 52.6 cm³/mol. The van der Waals surface area contributed by atoms with Crippen LogP contribution in [-0.2, 0) is 4.79 Å². The minimum atomic E-state index is -0.794. The third-order valence-electron chi connectivity index (χ3n) is 3.79. The van der Waals surface area contributed by atoms with E-state index >= 15 is 0 Å². The van der Waals surface area contributed by atoms with E-state index in [1.807, 2.05) is 19.1 Å². The van der Waals surface area contributed by atoms with Gasteiger partial charge in [-0.15, -0.1) is 0 Å². The molecule has 3 aliphatic carbocycles. The molecule has 0 unspecified atom stereocenters. The Balaban J connectivity index is 2.23. The second-order valence-electron chi connectivity index (χ2n) is 4.40. The molecule has 1 N–H and O–H groups in total. The second kappa shape index (κ2) is 2.26. The Hall–Kier alpha value is -1.15. The molecule has 0 aromatic carbocycles. The first kappa shape index (κ1) is 8.18. The van der Waals surface area contributed by atoms with Crippen LogP contribution in [0.25, 0.3) is 0 Å². The van der Waals surface area contributed by atoms with Crippen molar-refractivity contribution >= 4 is 5.78 Å². The number of Topliss-reactive ketones (excluding diaryl/α,β-unsaturated/α-hetero) is 1. The molecule has 0 aromatic heterocycles. The quantitative estimate of drug-likeness (QED) is 0.625. The summed E-state index contributed by atoms with van der Waals surface area (Å²) in [6.07, 6.45) is 6.79. The molecule has 0 heterocycles. The topological polar surface area (TPSA) is 37.3 Å². The first-order valence-corrected chi connectivity index (χ1v) is 4.99.